The van der Waals surface area contributed by atoms with E-state index in [0.29, 0.717) is 5.92 Å². The number of hydrogen-bond donors (Lipinski definition) is 0. The Kier molecular flexibility index (Phi) is 3.38. The minimum atomic E-state index is -0.191. The Morgan fingerprint density at radius 2 is 1.90 bits per heavy atom. The Hall–Kier alpha value is -1.97. The maximum absolute atomic E-state index is 13.1. The molecule has 0 bridgehead atoms. The van der Waals surface area contributed by atoms with Gasteiger partial charge in [-0.2, -0.15) is 0 Å². The van der Waals surface area contributed by atoms with Crippen molar-refractivity contribution in [3.05, 3.63) is 53.7 Å². The second kappa shape index (κ2) is 5.19. The SMILES string of the molecule is Cc1cc(N(C)C(c2ccc(F)cc2)C2CC2)ncn1. The van der Waals surface area contributed by atoms with Crippen LogP contribution in [0.3, 0.4) is 0 Å². The third-order valence-electron chi connectivity index (χ3n) is 3.85. The summed E-state index contributed by atoms with van der Waals surface area (Å²) >= 11 is 0. The fourth-order valence-electron chi connectivity index (χ4n) is 2.66. The van der Waals surface area contributed by atoms with Gasteiger partial charge in [-0.3, -0.25) is 0 Å². The molecule has 2 aromatic rings. The average molecular weight is 271 g/mol. The van der Waals surface area contributed by atoms with E-state index in [0.717, 1.165) is 17.1 Å². The van der Waals surface area contributed by atoms with E-state index in [-0.39, 0.29) is 11.9 Å². The molecule has 1 heterocycles. The van der Waals surface area contributed by atoms with Crippen LogP contribution in [0.1, 0.15) is 30.1 Å². The number of benzene rings is 1. The monoisotopic (exact) mass is 271 g/mol. The summed E-state index contributed by atoms with van der Waals surface area (Å²) in [5, 5.41) is 0. The molecule has 0 saturated heterocycles. The summed E-state index contributed by atoms with van der Waals surface area (Å²) in [6.45, 7) is 1.96. The van der Waals surface area contributed by atoms with Gasteiger partial charge in [0.2, 0.25) is 0 Å². The fraction of sp³-hybridized carbons (Fsp3) is 0.375. The molecule has 0 spiro atoms. The highest BCUT2D eigenvalue weighted by molar-refractivity contribution is 5.42. The van der Waals surface area contributed by atoms with Gasteiger partial charge in [0.25, 0.3) is 0 Å². The number of aromatic nitrogens is 2. The molecule has 3 rings (SSSR count). The van der Waals surface area contributed by atoms with Crippen LogP contribution >= 0.6 is 0 Å². The number of aryl methyl sites for hydroxylation is 1. The lowest BCUT2D eigenvalue weighted by Gasteiger charge is -2.29. The first kappa shape index (κ1) is 13.0. The van der Waals surface area contributed by atoms with Gasteiger partial charge in [-0.15, -0.1) is 0 Å². The molecule has 20 heavy (non-hydrogen) atoms. The van der Waals surface area contributed by atoms with E-state index in [2.05, 4.69) is 14.9 Å². The Bertz CT molecular complexity index is 593. The van der Waals surface area contributed by atoms with Gasteiger partial charge >= 0.3 is 0 Å². The van der Waals surface area contributed by atoms with Gasteiger partial charge in [-0.1, -0.05) is 12.1 Å². The molecular weight excluding hydrogens is 253 g/mol. The van der Waals surface area contributed by atoms with Crippen LogP contribution in [-0.4, -0.2) is 17.0 Å². The second-order valence-electron chi connectivity index (χ2n) is 5.46. The van der Waals surface area contributed by atoms with Gasteiger partial charge in [-0.05, 0) is 43.4 Å². The minimum Gasteiger partial charge on any atom is -0.352 e. The molecule has 1 aliphatic rings. The van der Waals surface area contributed by atoms with Gasteiger partial charge in [-0.25, -0.2) is 14.4 Å². The van der Waals surface area contributed by atoms with E-state index >= 15 is 0 Å². The van der Waals surface area contributed by atoms with Crippen LogP contribution in [0.5, 0.6) is 0 Å². The third-order valence-corrected chi connectivity index (χ3v) is 3.85. The molecule has 0 amide bonds. The molecular formula is C16H18FN3. The van der Waals surface area contributed by atoms with E-state index in [1.807, 2.05) is 32.2 Å². The number of rotatable bonds is 4. The number of halogens is 1. The first-order valence-corrected chi connectivity index (χ1v) is 6.92. The van der Waals surface area contributed by atoms with Crippen molar-refractivity contribution in [3.8, 4) is 0 Å². The zero-order chi connectivity index (χ0) is 14.1. The van der Waals surface area contributed by atoms with E-state index in [1.54, 1.807) is 6.33 Å². The first-order valence-electron chi connectivity index (χ1n) is 6.92. The highest BCUT2D eigenvalue weighted by Crippen LogP contribution is 2.45. The molecule has 1 aliphatic carbocycles. The van der Waals surface area contributed by atoms with Crippen molar-refractivity contribution in [2.75, 3.05) is 11.9 Å². The molecule has 0 N–H and O–H groups in total. The van der Waals surface area contributed by atoms with Crippen LogP contribution in [0.25, 0.3) is 0 Å². The zero-order valence-electron chi connectivity index (χ0n) is 11.8. The van der Waals surface area contributed by atoms with Gasteiger partial charge in [0.1, 0.15) is 18.0 Å². The maximum Gasteiger partial charge on any atom is 0.132 e. The third kappa shape index (κ3) is 2.64. The van der Waals surface area contributed by atoms with E-state index in [4.69, 9.17) is 0 Å². The van der Waals surface area contributed by atoms with Crippen molar-refractivity contribution in [3.63, 3.8) is 0 Å². The predicted octanol–water partition coefficient (Wildman–Crippen LogP) is 3.51. The van der Waals surface area contributed by atoms with Crippen molar-refractivity contribution in [1.29, 1.82) is 0 Å². The summed E-state index contributed by atoms with van der Waals surface area (Å²) in [5.41, 5.74) is 2.10. The van der Waals surface area contributed by atoms with Crippen molar-refractivity contribution >= 4 is 5.82 Å². The molecule has 0 aliphatic heterocycles. The topological polar surface area (TPSA) is 29.0 Å². The zero-order valence-corrected chi connectivity index (χ0v) is 11.8. The summed E-state index contributed by atoms with van der Waals surface area (Å²) in [7, 11) is 2.05. The smallest absolute Gasteiger partial charge is 0.132 e. The molecule has 1 saturated carbocycles. The second-order valence-corrected chi connectivity index (χ2v) is 5.46. The predicted molar refractivity (Wildman–Crippen MR) is 77.0 cm³/mol. The van der Waals surface area contributed by atoms with Gasteiger partial charge in [0, 0.05) is 18.8 Å². The van der Waals surface area contributed by atoms with Gasteiger partial charge in [0.05, 0.1) is 6.04 Å². The highest BCUT2D eigenvalue weighted by Gasteiger charge is 2.35. The molecule has 4 heteroatoms. The summed E-state index contributed by atoms with van der Waals surface area (Å²) < 4.78 is 13.1. The van der Waals surface area contributed by atoms with Crippen LogP contribution in [0.15, 0.2) is 36.7 Å². The molecule has 1 aromatic heterocycles. The fourth-order valence-corrected chi connectivity index (χ4v) is 2.66. The quantitative estimate of drug-likeness (QED) is 0.852. The van der Waals surface area contributed by atoms with Crippen molar-refractivity contribution in [2.24, 2.45) is 5.92 Å². The van der Waals surface area contributed by atoms with Crippen LogP contribution in [0, 0.1) is 18.7 Å². The van der Waals surface area contributed by atoms with Crippen molar-refractivity contribution in [1.82, 2.24) is 9.97 Å². The summed E-state index contributed by atoms with van der Waals surface area (Å²) in [6, 6.07) is 9.06. The standard InChI is InChI=1S/C16H18FN3/c1-11-9-15(19-10-18-11)20(2)16(12-3-4-12)13-5-7-14(17)8-6-13/h5-10,12,16H,3-4H2,1-2H3. The lowest BCUT2D eigenvalue weighted by atomic mass is 10.0. The lowest BCUT2D eigenvalue weighted by Crippen LogP contribution is -2.26. The van der Waals surface area contributed by atoms with E-state index < -0.39 is 0 Å². The van der Waals surface area contributed by atoms with Crippen LogP contribution in [0.4, 0.5) is 10.2 Å². The summed E-state index contributed by atoms with van der Waals surface area (Å²) in [5.74, 6) is 1.35. The molecule has 1 atom stereocenters. The van der Waals surface area contributed by atoms with Gasteiger partial charge < -0.3 is 4.90 Å². The Labute approximate surface area is 118 Å². The van der Waals surface area contributed by atoms with Crippen LogP contribution in [-0.2, 0) is 0 Å². The lowest BCUT2D eigenvalue weighted by molar-refractivity contribution is 0.582. The first-order chi connectivity index (χ1) is 9.65. The van der Waals surface area contributed by atoms with Crippen LogP contribution in [0.2, 0.25) is 0 Å². The molecule has 104 valence electrons. The normalized spacial score (nSPS) is 15.9. The summed E-state index contributed by atoms with van der Waals surface area (Å²) in [4.78, 5) is 10.7. The number of hydrogen-bond acceptors (Lipinski definition) is 3. The highest BCUT2D eigenvalue weighted by atomic mass is 19.1. The molecule has 0 radical (unpaired) electrons. The van der Waals surface area contributed by atoms with Crippen molar-refractivity contribution < 1.29 is 4.39 Å². The van der Waals surface area contributed by atoms with Crippen LogP contribution < -0.4 is 4.90 Å². The molecule has 1 aromatic carbocycles. The van der Waals surface area contributed by atoms with Crippen molar-refractivity contribution in [2.45, 2.75) is 25.8 Å². The Balaban J connectivity index is 1.92. The largest absolute Gasteiger partial charge is 0.352 e. The Morgan fingerprint density at radius 3 is 2.50 bits per heavy atom. The molecule has 3 nitrogen and oxygen atoms in total. The van der Waals surface area contributed by atoms with Gasteiger partial charge in [0.15, 0.2) is 0 Å². The number of anilines is 1. The van der Waals surface area contributed by atoms with E-state index in [9.17, 15) is 4.39 Å². The van der Waals surface area contributed by atoms with E-state index in [1.165, 1.54) is 25.0 Å². The Morgan fingerprint density at radius 1 is 1.20 bits per heavy atom. The molecule has 1 fully saturated rings. The molecule has 1 unspecified atom stereocenters. The minimum absolute atomic E-state index is 0.191. The average Bonchev–Trinajstić information content (AvgIpc) is 3.26. The summed E-state index contributed by atoms with van der Waals surface area (Å²) in [6.07, 6.45) is 4.03. The maximum atomic E-state index is 13.1. The number of nitrogens with zero attached hydrogens (tertiary/aromatic N) is 3.